The van der Waals surface area contributed by atoms with Gasteiger partial charge in [-0.3, -0.25) is 9.67 Å². The Balaban J connectivity index is 2.70. The second-order valence-corrected chi connectivity index (χ2v) is 4.87. The van der Waals surface area contributed by atoms with E-state index in [1.807, 2.05) is 26.8 Å². The van der Waals surface area contributed by atoms with Crippen molar-refractivity contribution >= 4 is 17.6 Å². The van der Waals surface area contributed by atoms with E-state index in [-0.39, 0.29) is 10.7 Å². The molecule has 5 nitrogen and oxygen atoms in total. The maximum Gasteiger partial charge on any atom is 0.355 e. The summed E-state index contributed by atoms with van der Waals surface area (Å²) in [5.74, 6) is -1.10. The van der Waals surface area contributed by atoms with Gasteiger partial charge in [-0.15, -0.1) is 0 Å². The molecule has 0 aliphatic carbocycles. The molecule has 0 fully saturated rings. The standard InChI is InChI=1S/C13H14ClN3O2/c1-6-5-7(2)10(15-8(6)3)11-9(14)12(13(18)19)17(4)16-11/h5H,1-4H3,(H,18,19). The molecule has 2 aromatic rings. The van der Waals surface area contributed by atoms with Crippen LogP contribution in [0.5, 0.6) is 0 Å². The number of hydrogen-bond donors (Lipinski definition) is 1. The molecule has 0 saturated heterocycles. The van der Waals surface area contributed by atoms with E-state index in [1.165, 1.54) is 4.68 Å². The summed E-state index contributed by atoms with van der Waals surface area (Å²) in [4.78, 5) is 15.6. The highest BCUT2D eigenvalue weighted by Crippen LogP contribution is 2.31. The van der Waals surface area contributed by atoms with Crippen molar-refractivity contribution in [2.24, 2.45) is 7.05 Å². The fraction of sp³-hybridized carbons (Fsp3) is 0.308. The van der Waals surface area contributed by atoms with Crippen molar-refractivity contribution in [1.82, 2.24) is 14.8 Å². The molecule has 0 radical (unpaired) electrons. The van der Waals surface area contributed by atoms with Crippen LogP contribution in [0.2, 0.25) is 5.02 Å². The van der Waals surface area contributed by atoms with E-state index < -0.39 is 5.97 Å². The molecule has 0 amide bonds. The molecule has 100 valence electrons. The maximum atomic E-state index is 11.1. The Bertz CT molecular complexity index is 677. The highest BCUT2D eigenvalue weighted by atomic mass is 35.5. The second-order valence-electron chi connectivity index (χ2n) is 4.50. The lowest BCUT2D eigenvalue weighted by Crippen LogP contribution is -2.05. The molecule has 0 saturated carbocycles. The number of carboxylic acid groups (broad SMARTS) is 1. The molecule has 0 unspecified atom stereocenters. The average Bonchev–Trinajstić information content (AvgIpc) is 2.59. The third-order valence-electron chi connectivity index (χ3n) is 3.07. The molecule has 0 aliphatic rings. The number of nitrogens with zero attached hydrogens (tertiary/aromatic N) is 3. The zero-order valence-electron chi connectivity index (χ0n) is 11.2. The van der Waals surface area contributed by atoms with E-state index in [9.17, 15) is 4.79 Å². The predicted octanol–water partition coefficient (Wildman–Crippen LogP) is 2.76. The summed E-state index contributed by atoms with van der Waals surface area (Å²) in [7, 11) is 1.55. The van der Waals surface area contributed by atoms with Gasteiger partial charge in [0.25, 0.3) is 0 Å². The van der Waals surface area contributed by atoms with Gasteiger partial charge in [0.2, 0.25) is 0 Å². The van der Waals surface area contributed by atoms with Crippen LogP contribution in [-0.4, -0.2) is 25.8 Å². The fourth-order valence-corrected chi connectivity index (χ4v) is 2.29. The number of hydrogen-bond acceptors (Lipinski definition) is 3. The summed E-state index contributed by atoms with van der Waals surface area (Å²) in [5.41, 5.74) is 3.86. The van der Waals surface area contributed by atoms with Gasteiger partial charge in [-0.2, -0.15) is 5.10 Å². The van der Waals surface area contributed by atoms with E-state index in [1.54, 1.807) is 7.05 Å². The molecule has 1 N–H and O–H groups in total. The van der Waals surface area contributed by atoms with Gasteiger partial charge in [0.05, 0.1) is 5.69 Å². The SMILES string of the molecule is Cc1cc(C)c(-c2nn(C)c(C(=O)O)c2Cl)nc1C. The van der Waals surface area contributed by atoms with Crippen molar-refractivity contribution in [3.8, 4) is 11.4 Å². The first-order chi connectivity index (χ1) is 8.82. The molecule has 0 aliphatic heterocycles. The highest BCUT2D eigenvalue weighted by molar-refractivity contribution is 6.35. The molecule has 0 atom stereocenters. The molecule has 19 heavy (non-hydrogen) atoms. The number of aromatic nitrogens is 3. The van der Waals surface area contributed by atoms with Crippen LogP contribution in [-0.2, 0) is 7.05 Å². The lowest BCUT2D eigenvalue weighted by Gasteiger charge is -2.06. The predicted molar refractivity (Wildman–Crippen MR) is 72.6 cm³/mol. The summed E-state index contributed by atoms with van der Waals surface area (Å²) in [6.07, 6.45) is 0. The van der Waals surface area contributed by atoms with Gasteiger partial charge in [0.1, 0.15) is 10.7 Å². The van der Waals surface area contributed by atoms with Gasteiger partial charge in [-0.25, -0.2) is 4.79 Å². The minimum absolute atomic E-state index is 0.0314. The minimum atomic E-state index is -1.10. The van der Waals surface area contributed by atoms with Crippen molar-refractivity contribution in [2.75, 3.05) is 0 Å². The van der Waals surface area contributed by atoms with Crippen molar-refractivity contribution in [2.45, 2.75) is 20.8 Å². The molecule has 2 heterocycles. The first-order valence-electron chi connectivity index (χ1n) is 5.74. The summed E-state index contributed by atoms with van der Waals surface area (Å²) >= 11 is 6.12. The Labute approximate surface area is 115 Å². The number of halogens is 1. The number of carboxylic acids is 1. The highest BCUT2D eigenvalue weighted by Gasteiger charge is 2.23. The summed E-state index contributed by atoms with van der Waals surface area (Å²) in [5, 5.41) is 13.4. The van der Waals surface area contributed by atoms with Crippen molar-refractivity contribution in [1.29, 1.82) is 0 Å². The van der Waals surface area contributed by atoms with E-state index in [4.69, 9.17) is 16.7 Å². The Morgan fingerprint density at radius 3 is 2.42 bits per heavy atom. The topological polar surface area (TPSA) is 68.0 Å². The van der Waals surface area contributed by atoms with Crippen LogP contribution >= 0.6 is 11.6 Å². The smallest absolute Gasteiger partial charge is 0.355 e. The van der Waals surface area contributed by atoms with Gasteiger partial charge in [-0.05, 0) is 31.9 Å². The molecule has 0 spiro atoms. The van der Waals surface area contributed by atoms with E-state index in [0.717, 1.165) is 16.8 Å². The van der Waals surface area contributed by atoms with Gasteiger partial charge in [0.15, 0.2) is 5.69 Å². The van der Waals surface area contributed by atoms with Gasteiger partial charge in [0, 0.05) is 12.7 Å². The first-order valence-corrected chi connectivity index (χ1v) is 6.11. The monoisotopic (exact) mass is 279 g/mol. The number of aryl methyl sites for hydroxylation is 4. The minimum Gasteiger partial charge on any atom is -0.476 e. The zero-order valence-corrected chi connectivity index (χ0v) is 11.9. The Hall–Kier alpha value is -1.88. The lowest BCUT2D eigenvalue weighted by molar-refractivity contribution is 0.0685. The molecule has 2 rings (SSSR count). The van der Waals surface area contributed by atoms with E-state index in [2.05, 4.69) is 10.1 Å². The van der Waals surface area contributed by atoms with Crippen LogP contribution in [0.15, 0.2) is 6.07 Å². The molecular weight excluding hydrogens is 266 g/mol. The Morgan fingerprint density at radius 2 is 1.89 bits per heavy atom. The Kier molecular flexibility index (Phi) is 3.32. The summed E-state index contributed by atoms with van der Waals surface area (Å²) in [6.45, 7) is 5.77. The van der Waals surface area contributed by atoms with Crippen LogP contribution in [0, 0.1) is 20.8 Å². The lowest BCUT2D eigenvalue weighted by atomic mass is 10.1. The normalized spacial score (nSPS) is 10.8. The maximum absolute atomic E-state index is 11.1. The summed E-state index contributed by atoms with van der Waals surface area (Å²) in [6, 6.07) is 1.99. The molecule has 0 bridgehead atoms. The largest absolute Gasteiger partial charge is 0.476 e. The van der Waals surface area contributed by atoms with Gasteiger partial charge >= 0.3 is 5.97 Å². The van der Waals surface area contributed by atoms with Crippen molar-refractivity contribution in [3.05, 3.63) is 33.6 Å². The number of carbonyl (C=O) groups is 1. The van der Waals surface area contributed by atoms with Crippen LogP contribution in [0.3, 0.4) is 0 Å². The molecular formula is C13H14ClN3O2. The summed E-state index contributed by atoms with van der Waals surface area (Å²) < 4.78 is 1.26. The van der Waals surface area contributed by atoms with Crippen LogP contribution in [0.4, 0.5) is 0 Å². The quantitative estimate of drug-likeness (QED) is 0.918. The number of pyridine rings is 1. The molecule has 6 heteroatoms. The zero-order chi connectivity index (χ0) is 14.3. The van der Waals surface area contributed by atoms with Crippen LogP contribution in [0.1, 0.15) is 27.3 Å². The third kappa shape index (κ3) is 2.21. The van der Waals surface area contributed by atoms with Crippen molar-refractivity contribution in [3.63, 3.8) is 0 Å². The van der Waals surface area contributed by atoms with E-state index >= 15 is 0 Å². The first kappa shape index (κ1) is 13.5. The van der Waals surface area contributed by atoms with Gasteiger partial charge < -0.3 is 5.11 Å². The average molecular weight is 280 g/mol. The second kappa shape index (κ2) is 4.66. The van der Waals surface area contributed by atoms with Crippen LogP contribution in [0.25, 0.3) is 11.4 Å². The third-order valence-corrected chi connectivity index (χ3v) is 3.43. The molecule has 2 aromatic heterocycles. The molecule has 0 aromatic carbocycles. The Morgan fingerprint density at radius 1 is 1.26 bits per heavy atom. The number of rotatable bonds is 2. The fourth-order valence-electron chi connectivity index (χ4n) is 1.96. The van der Waals surface area contributed by atoms with Crippen LogP contribution < -0.4 is 0 Å². The van der Waals surface area contributed by atoms with Crippen molar-refractivity contribution < 1.29 is 9.90 Å². The number of aromatic carboxylic acids is 1. The van der Waals surface area contributed by atoms with Gasteiger partial charge in [-0.1, -0.05) is 17.7 Å². The van der Waals surface area contributed by atoms with E-state index in [0.29, 0.717) is 11.4 Å².